The third kappa shape index (κ3) is 3.31. The van der Waals surface area contributed by atoms with E-state index >= 15 is 0 Å². The van der Waals surface area contributed by atoms with Gasteiger partial charge in [-0.3, -0.25) is 0 Å². The molecule has 0 heterocycles. The van der Waals surface area contributed by atoms with Gasteiger partial charge in [0, 0.05) is 0 Å². The van der Waals surface area contributed by atoms with E-state index in [0.29, 0.717) is 10.7 Å². The van der Waals surface area contributed by atoms with Gasteiger partial charge < -0.3 is 5.32 Å². The molecular weight excluding hydrogens is 263 g/mol. The zero-order valence-electron chi connectivity index (χ0n) is 9.91. The quantitative estimate of drug-likeness (QED) is 0.780. The highest BCUT2D eigenvalue weighted by molar-refractivity contribution is 6.33. The first-order chi connectivity index (χ1) is 8.47. The van der Waals surface area contributed by atoms with Gasteiger partial charge in [0.2, 0.25) is 0 Å². The maximum Gasteiger partial charge on any atom is 0.405 e. The smallest absolute Gasteiger partial charge is 0.375 e. The summed E-state index contributed by atoms with van der Waals surface area (Å²) >= 11 is 6.01. The number of hydrogen-bond donors (Lipinski definition) is 1. The summed E-state index contributed by atoms with van der Waals surface area (Å²) in [6.07, 6.45) is 0.715. The molecule has 18 heavy (non-hydrogen) atoms. The predicted molar refractivity (Wildman–Crippen MR) is 67.3 cm³/mol. The number of fused-ring (bicyclic) bond motifs is 1. The van der Waals surface area contributed by atoms with Crippen molar-refractivity contribution >= 4 is 17.3 Å². The van der Waals surface area contributed by atoms with Gasteiger partial charge in [-0.1, -0.05) is 24.1 Å². The van der Waals surface area contributed by atoms with Crippen molar-refractivity contribution in [2.45, 2.75) is 38.3 Å². The van der Waals surface area contributed by atoms with Gasteiger partial charge in [-0.2, -0.15) is 13.2 Å². The molecule has 1 aliphatic carbocycles. The average molecular weight is 278 g/mol. The monoisotopic (exact) mass is 277 g/mol. The van der Waals surface area contributed by atoms with Gasteiger partial charge in [-0.25, -0.2) is 0 Å². The maximum atomic E-state index is 12.3. The Kier molecular flexibility index (Phi) is 4.05. The topological polar surface area (TPSA) is 12.0 Å². The molecule has 0 fully saturated rings. The van der Waals surface area contributed by atoms with Gasteiger partial charge in [0.15, 0.2) is 0 Å². The van der Waals surface area contributed by atoms with Gasteiger partial charge in [-0.05, 0) is 42.9 Å². The van der Waals surface area contributed by atoms with E-state index in [1.54, 1.807) is 6.07 Å². The van der Waals surface area contributed by atoms with Crippen LogP contribution in [0.3, 0.4) is 0 Å². The Bertz CT molecular complexity index is 429. The predicted octanol–water partition coefficient (Wildman–Crippen LogP) is 4.58. The van der Waals surface area contributed by atoms with Crippen molar-refractivity contribution in [3.8, 4) is 0 Å². The molecule has 1 aliphatic rings. The van der Waals surface area contributed by atoms with Crippen LogP contribution in [-0.4, -0.2) is 12.7 Å². The Balaban J connectivity index is 2.27. The molecule has 1 nitrogen and oxygen atoms in total. The summed E-state index contributed by atoms with van der Waals surface area (Å²) in [6, 6.07) is 3.62. The van der Waals surface area contributed by atoms with Gasteiger partial charge in [0.25, 0.3) is 0 Å². The lowest BCUT2D eigenvalue weighted by molar-refractivity contribution is -0.115. The summed E-state index contributed by atoms with van der Waals surface area (Å²) < 4.78 is 36.8. The Hall–Kier alpha value is -0.900. The SMILES string of the molecule is FC(F)(F)CNc1c(Cl)ccc2c1CCCCC2. The average Bonchev–Trinajstić information content (AvgIpc) is 2.51. The summed E-state index contributed by atoms with van der Waals surface area (Å²) in [4.78, 5) is 0. The highest BCUT2D eigenvalue weighted by Crippen LogP contribution is 2.33. The number of nitrogens with one attached hydrogen (secondary N) is 1. The van der Waals surface area contributed by atoms with Gasteiger partial charge in [0.1, 0.15) is 6.54 Å². The molecule has 0 atom stereocenters. The largest absolute Gasteiger partial charge is 0.405 e. The molecule has 0 saturated heterocycles. The molecular formula is C13H15ClF3N. The van der Waals surface area contributed by atoms with E-state index in [1.807, 2.05) is 6.07 Å². The molecule has 0 radical (unpaired) electrons. The van der Waals surface area contributed by atoms with E-state index in [4.69, 9.17) is 11.6 Å². The van der Waals surface area contributed by atoms with Crippen LogP contribution in [0.1, 0.15) is 30.4 Å². The fourth-order valence-electron chi connectivity index (χ4n) is 2.36. The summed E-state index contributed by atoms with van der Waals surface area (Å²) in [5.41, 5.74) is 2.55. The van der Waals surface area contributed by atoms with Crippen LogP contribution in [0, 0.1) is 0 Å². The van der Waals surface area contributed by atoms with Gasteiger partial charge in [0.05, 0.1) is 10.7 Å². The molecule has 0 spiro atoms. The van der Waals surface area contributed by atoms with Crippen LogP contribution in [0.4, 0.5) is 18.9 Å². The third-order valence-corrected chi connectivity index (χ3v) is 3.51. The number of benzene rings is 1. The number of halogens is 4. The molecule has 1 aromatic carbocycles. The maximum absolute atomic E-state index is 12.3. The molecule has 0 aromatic heterocycles. The zero-order chi connectivity index (χ0) is 13.2. The van der Waals surface area contributed by atoms with Crippen LogP contribution in [-0.2, 0) is 12.8 Å². The van der Waals surface area contributed by atoms with E-state index in [0.717, 1.165) is 43.2 Å². The van der Waals surface area contributed by atoms with Gasteiger partial charge in [-0.15, -0.1) is 0 Å². The van der Waals surface area contributed by atoms with Crippen LogP contribution in [0.5, 0.6) is 0 Å². The van der Waals surface area contributed by atoms with Crippen molar-refractivity contribution < 1.29 is 13.2 Å². The normalized spacial score (nSPS) is 16.0. The van der Waals surface area contributed by atoms with Crippen molar-refractivity contribution in [2.24, 2.45) is 0 Å². The molecule has 0 bridgehead atoms. The second-order valence-electron chi connectivity index (χ2n) is 4.59. The van der Waals surface area contributed by atoms with Crippen LogP contribution in [0.2, 0.25) is 5.02 Å². The van der Waals surface area contributed by atoms with Crippen LogP contribution in [0.15, 0.2) is 12.1 Å². The van der Waals surface area contributed by atoms with E-state index in [-0.39, 0.29) is 0 Å². The van der Waals surface area contributed by atoms with E-state index in [2.05, 4.69) is 5.32 Å². The minimum Gasteiger partial charge on any atom is -0.375 e. The molecule has 2 rings (SSSR count). The Morgan fingerprint density at radius 3 is 2.56 bits per heavy atom. The first kappa shape index (κ1) is 13.5. The number of aryl methyl sites for hydroxylation is 1. The first-order valence-corrected chi connectivity index (χ1v) is 6.46. The highest BCUT2D eigenvalue weighted by Gasteiger charge is 2.27. The van der Waals surface area contributed by atoms with Crippen LogP contribution in [0.25, 0.3) is 0 Å². The van der Waals surface area contributed by atoms with Crippen LogP contribution >= 0.6 is 11.6 Å². The van der Waals surface area contributed by atoms with Gasteiger partial charge >= 0.3 is 6.18 Å². The minimum atomic E-state index is -4.23. The van der Waals surface area contributed by atoms with Crippen molar-refractivity contribution in [2.75, 3.05) is 11.9 Å². The summed E-state index contributed by atoms with van der Waals surface area (Å²) in [5, 5.41) is 2.83. The molecule has 0 amide bonds. The van der Waals surface area contributed by atoms with E-state index in [9.17, 15) is 13.2 Å². The summed E-state index contributed by atoms with van der Waals surface area (Å²) in [6.45, 7) is -1.04. The summed E-state index contributed by atoms with van der Waals surface area (Å²) in [5.74, 6) is 0. The van der Waals surface area contributed by atoms with Crippen molar-refractivity contribution in [1.82, 2.24) is 0 Å². The molecule has 1 N–H and O–H groups in total. The molecule has 1 aromatic rings. The zero-order valence-corrected chi connectivity index (χ0v) is 10.7. The molecule has 100 valence electrons. The second kappa shape index (κ2) is 5.39. The standard InChI is InChI=1S/C13H15ClF3N/c14-11-7-6-9-4-2-1-3-5-10(9)12(11)18-8-13(15,16)17/h6-7,18H,1-5,8H2. The number of anilines is 1. The molecule has 0 unspecified atom stereocenters. The van der Waals surface area contributed by atoms with Crippen molar-refractivity contribution in [3.63, 3.8) is 0 Å². The summed E-state index contributed by atoms with van der Waals surface area (Å²) in [7, 11) is 0. The minimum absolute atomic E-state index is 0.375. The molecule has 0 saturated carbocycles. The van der Waals surface area contributed by atoms with Crippen LogP contribution < -0.4 is 5.32 Å². The molecule has 0 aliphatic heterocycles. The highest BCUT2D eigenvalue weighted by atomic mass is 35.5. The number of rotatable bonds is 2. The lowest BCUT2D eigenvalue weighted by Crippen LogP contribution is -2.22. The van der Waals surface area contributed by atoms with Crippen molar-refractivity contribution in [3.05, 3.63) is 28.3 Å². The number of alkyl halides is 3. The second-order valence-corrected chi connectivity index (χ2v) is 5.00. The lowest BCUT2D eigenvalue weighted by atomic mass is 10.0. The number of hydrogen-bond acceptors (Lipinski definition) is 1. The molecule has 5 heteroatoms. The third-order valence-electron chi connectivity index (χ3n) is 3.20. The van der Waals surface area contributed by atoms with E-state index in [1.165, 1.54) is 0 Å². The lowest BCUT2D eigenvalue weighted by Gasteiger charge is -2.17. The Labute approximate surface area is 109 Å². The fraction of sp³-hybridized carbons (Fsp3) is 0.538. The first-order valence-electron chi connectivity index (χ1n) is 6.08. The fourth-order valence-corrected chi connectivity index (χ4v) is 2.60. The van der Waals surface area contributed by atoms with E-state index < -0.39 is 12.7 Å². The Morgan fingerprint density at radius 1 is 1.11 bits per heavy atom. The Morgan fingerprint density at radius 2 is 1.83 bits per heavy atom. The van der Waals surface area contributed by atoms with Crippen molar-refractivity contribution in [1.29, 1.82) is 0 Å².